The van der Waals surface area contributed by atoms with E-state index in [4.69, 9.17) is 11.6 Å². The van der Waals surface area contributed by atoms with E-state index in [1.54, 1.807) is 29.7 Å². The predicted molar refractivity (Wildman–Crippen MR) is 66.8 cm³/mol. The Bertz CT molecular complexity index is 444. The molecular formula is C12H12ClNOS. The molecule has 16 heavy (non-hydrogen) atoms. The van der Waals surface area contributed by atoms with Crippen LogP contribution < -0.4 is 0 Å². The van der Waals surface area contributed by atoms with Gasteiger partial charge in [0.2, 0.25) is 0 Å². The fraction of sp³-hybridized carbons (Fsp3) is 0.250. The van der Waals surface area contributed by atoms with Crippen molar-refractivity contribution in [2.45, 2.75) is 18.9 Å². The highest BCUT2D eigenvalue weighted by atomic mass is 35.5. The number of rotatable bonds is 4. The summed E-state index contributed by atoms with van der Waals surface area (Å²) in [4.78, 5) is 5.18. The summed E-state index contributed by atoms with van der Waals surface area (Å²) in [5.41, 5.74) is 0.830. The Labute approximate surface area is 104 Å². The van der Waals surface area contributed by atoms with Crippen molar-refractivity contribution in [1.29, 1.82) is 0 Å². The van der Waals surface area contributed by atoms with Crippen molar-refractivity contribution >= 4 is 22.9 Å². The van der Waals surface area contributed by atoms with Crippen LogP contribution in [-0.4, -0.2) is 10.1 Å². The molecule has 0 fully saturated rings. The first-order chi connectivity index (χ1) is 7.75. The third-order valence-corrected chi connectivity index (χ3v) is 3.52. The maximum absolute atomic E-state index is 9.96. The average molecular weight is 254 g/mol. The van der Waals surface area contributed by atoms with Crippen molar-refractivity contribution < 1.29 is 5.11 Å². The predicted octanol–water partition coefficient (Wildman–Crippen LogP) is 3.46. The standard InChI is InChI=1S/C12H12ClNOS/c13-12-8-9(5-6-14-12)11(15)4-3-10-2-1-7-16-10/h1-2,5-8,11,15H,3-4H2. The number of halogens is 1. The molecule has 0 spiro atoms. The molecule has 1 N–H and O–H groups in total. The Hall–Kier alpha value is -0.900. The van der Waals surface area contributed by atoms with Crippen molar-refractivity contribution in [2.24, 2.45) is 0 Å². The van der Waals surface area contributed by atoms with Gasteiger partial charge in [0.05, 0.1) is 6.10 Å². The zero-order valence-corrected chi connectivity index (χ0v) is 10.2. The summed E-state index contributed by atoms with van der Waals surface area (Å²) < 4.78 is 0. The fourth-order valence-electron chi connectivity index (χ4n) is 1.53. The van der Waals surface area contributed by atoms with Crippen LogP contribution in [-0.2, 0) is 6.42 Å². The van der Waals surface area contributed by atoms with E-state index < -0.39 is 6.10 Å². The van der Waals surface area contributed by atoms with E-state index in [9.17, 15) is 5.11 Å². The van der Waals surface area contributed by atoms with Gasteiger partial charge in [-0.25, -0.2) is 4.98 Å². The molecule has 0 aliphatic rings. The Morgan fingerprint density at radius 2 is 2.31 bits per heavy atom. The molecule has 2 aromatic heterocycles. The molecule has 0 radical (unpaired) electrons. The molecule has 0 aromatic carbocycles. The second-order valence-electron chi connectivity index (χ2n) is 3.55. The van der Waals surface area contributed by atoms with E-state index in [0.29, 0.717) is 11.6 Å². The lowest BCUT2D eigenvalue weighted by atomic mass is 10.1. The van der Waals surface area contributed by atoms with Gasteiger partial charge >= 0.3 is 0 Å². The van der Waals surface area contributed by atoms with Crippen LogP contribution in [0.3, 0.4) is 0 Å². The molecule has 84 valence electrons. The van der Waals surface area contributed by atoms with E-state index >= 15 is 0 Å². The summed E-state index contributed by atoms with van der Waals surface area (Å²) in [6.45, 7) is 0. The first-order valence-corrected chi connectivity index (χ1v) is 6.33. The summed E-state index contributed by atoms with van der Waals surface area (Å²) in [5.74, 6) is 0. The number of nitrogens with zero attached hydrogens (tertiary/aromatic N) is 1. The number of hydrogen-bond acceptors (Lipinski definition) is 3. The lowest BCUT2D eigenvalue weighted by Crippen LogP contribution is -1.99. The minimum atomic E-state index is -0.470. The third kappa shape index (κ3) is 3.04. The van der Waals surface area contributed by atoms with Crippen LogP contribution in [0.25, 0.3) is 0 Å². The second-order valence-corrected chi connectivity index (χ2v) is 4.97. The number of aryl methyl sites for hydroxylation is 1. The van der Waals surface area contributed by atoms with Crippen LogP contribution in [0.2, 0.25) is 5.15 Å². The van der Waals surface area contributed by atoms with Crippen LogP contribution in [0.1, 0.15) is 23.0 Å². The van der Waals surface area contributed by atoms with Gasteiger partial charge in [-0.2, -0.15) is 0 Å². The van der Waals surface area contributed by atoms with Crippen LogP contribution in [0.5, 0.6) is 0 Å². The topological polar surface area (TPSA) is 33.1 Å². The SMILES string of the molecule is OC(CCc1cccs1)c1ccnc(Cl)c1. The Morgan fingerprint density at radius 1 is 1.44 bits per heavy atom. The van der Waals surface area contributed by atoms with Gasteiger partial charge in [0, 0.05) is 11.1 Å². The van der Waals surface area contributed by atoms with E-state index in [-0.39, 0.29) is 0 Å². The highest BCUT2D eigenvalue weighted by Crippen LogP contribution is 2.22. The van der Waals surface area contributed by atoms with E-state index in [1.807, 2.05) is 11.4 Å². The maximum Gasteiger partial charge on any atom is 0.129 e. The molecule has 0 aliphatic heterocycles. The number of hydrogen-bond donors (Lipinski definition) is 1. The summed E-state index contributed by atoms with van der Waals surface area (Å²) in [5, 5.41) is 12.4. The largest absolute Gasteiger partial charge is 0.388 e. The molecule has 2 rings (SSSR count). The molecule has 2 aromatic rings. The van der Waals surface area contributed by atoms with Crippen molar-refractivity contribution in [1.82, 2.24) is 4.98 Å². The summed E-state index contributed by atoms with van der Waals surface area (Å²) in [7, 11) is 0. The Morgan fingerprint density at radius 3 is 3.00 bits per heavy atom. The van der Waals surface area contributed by atoms with Crippen LogP contribution >= 0.6 is 22.9 Å². The molecule has 0 saturated carbocycles. The first kappa shape index (κ1) is 11.6. The van der Waals surface area contributed by atoms with Crippen LogP contribution in [0.4, 0.5) is 0 Å². The van der Waals surface area contributed by atoms with Crippen molar-refractivity contribution in [3.05, 3.63) is 51.4 Å². The van der Waals surface area contributed by atoms with Gasteiger partial charge in [0.25, 0.3) is 0 Å². The minimum absolute atomic E-state index is 0.424. The van der Waals surface area contributed by atoms with E-state index in [0.717, 1.165) is 12.0 Å². The average Bonchev–Trinajstić information content (AvgIpc) is 2.78. The van der Waals surface area contributed by atoms with Gasteiger partial charge < -0.3 is 5.11 Å². The van der Waals surface area contributed by atoms with Gasteiger partial charge in [-0.1, -0.05) is 17.7 Å². The number of thiophene rings is 1. The highest BCUT2D eigenvalue weighted by Gasteiger charge is 2.08. The fourth-order valence-corrected chi connectivity index (χ4v) is 2.43. The van der Waals surface area contributed by atoms with Gasteiger partial charge in [-0.3, -0.25) is 0 Å². The third-order valence-electron chi connectivity index (χ3n) is 2.38. The molecular weight excluding hydrogens is 242 g/mol. The van der Waals surface area contributed by atoms with Gasteiger partial charge in [0.1, 0.15) is 5.15 Å². The molecule has 2 heterocycles. The van der Waals surface area contributed by atoms with Crippen molar-refractivity contribution in [3.63, 3.8) is 0 Å². The smallest absolute Gasteiger partial charge is 0.129 e. The quantitative estimate of drug-likeness (QED) is 0.847. The van der Waals surface area contributed by atoms with Gasteiger partial charge in [0.15, 0.2) is 0 Å². The van der Waals surface area contributed by atoms with Crippen molar-refractivity contribution in [2.75, 3.05) is 0 Å². The molecule has 2 nitrogen and oxygen atoms in total. The van der Waals surface area contributed by atoms with Crippen LogP contribution in [0, 0.1) is 0 Å². The first-order valence-electron chi connectivity index (χ1n) is 5.07. The van der Waals surface area contributed by atoms with Crippen LogP contribution in [0.15, 0.2) is 35.8 Å². The summed E-state index contributed by atoms with van der Waals surface area (Å²) >= 11 is 7.48. The maximum atomic E-state index is 9.96. The van der Waals surface area contributed by atoms with Gasteiger partial charge in [-0.15, -0.1) is 11.3 Å². The monoisotopic (exact) mass is 253 g/mol. The zero-order valence-electron chi connectivity index (χ0n) is 8.64. The second kappa shape index (κ2) is 5.43. The summed E-state index contributed by atoms with van der Waals surface area (Å²) in [6.07, 6.45) is 2.74. The highest BCUT2D eigenvalue weighted by molar-refractivity contribution is 7.09. The molecule has 1 unspecified atom stereocenters. The normalized spacial score (nSPS) is 12.6. The molecule has 0 amide bonds. The van der Waals surface area contributed by atoms with Gasteiger partial charge in [-0.05, 0) is 42.0 Å². The number of aromatic nitrogens is 1. The molecule has 0 aliphatic carbocycles. The number of aliphatic hydroxyl groups excluding tert-OH is 1. The number of pyridine rings is 1. The molecule has 0 bridgehead atoms. The van der Waals surface area contributed by atoms with E-state index in [2.05, 4.69) is 11.1 Å². The Kier molecular flexibility index (Phi) is 3.93. The Balaban J connectivity index is 1.95. The molecule has 0 saturated heterocycles. The summed E-state index contributed by atoms with van der Waals surface area (Å²) in [6, 6.07) is 7.61. The lowest BCUT2D eigenvalue weighted by molar-refractivity contribution is 0.168. The minimum Gasteiger partial charge on any atom is -0.388 e. The molecule has 1 atom stereocenters. The number of aliphatic hydroxyl groups is 1. The lowest BCUT2D eigenvalue weighted by Gasteiger charge is -2.09. The zero-order chi connectivity index (χ0) is 11.4. The van der Waals surface area contributed by atoms with Crippen molar-refractivity contribution in [3.8, 4) is 0 Å². The van der Waals surface area contributed by atoms with E-state index in [1.165, 1.54) is 4.88 Å². The molecule has 4 heteroatoms.